The van der Waals surface area contributed by atoms with Crippen LogP contribution < -0.4 is 10.2 Å². The van der Waals surface area contributed by atoms with E-state index in [9.17, 15) is 0 Å². The maximum absolute atomic E-state index is 3.58. The van der Waals surface area contributed by atoms with Crippen LogP contribution >= 0.6 is 0 Å². The molecule has 1 N–H and O–H groups in total. The van der Waals surface area contributed by atoms with Gasteiger partial charge in [0.15, 0.2) is 0 Å². The molecule has 0 amide bonds. The van der Waals surface area contributed by atoms with Crippen LogP contribution in [0.5, 0.6) is 0 Å². The summed E-state index contributed by atoms with van der Waals surface area (Å²) < 4.78 is 0. The van der Waals surface area contributed by atoms with Crippen LogP contribution in [0.1, 0.15) is 26.7 Å². The van der Waals surface area contributed by atoms with E-state index in [1.165, 1.54) is 24.2 Å². The van der Waals surface area contributed by atoms with Gasteiger partial charge in [0.25, 0.3) is 0 Å². The highest BCUT2D eigenvalue weighted by Gasteiger charge is 2.17. The van der Waals surface area contributed by atoms with Crippen molar-refractivity contribution in [2.45, 2.75) is 26.7 Å². The molecule has 1 aliphatic rings. The van der Waals surface area contributed by atoms with E-state index in [4.69, 9.17) is 0 Å². The minimum atomic E-state index is 0.733. The molecular weight excluding hydrogens is 232 g/mol. The maximum Gasteiger partial charge on any atom is 0.0362 e. The highest BCUT2D eigenvalue weighted by atomic mass is 15.1. The van der Waals surface area contributed by atoms with E-state index in [0.29, 0.717) is 0 Å². The zero-order valence-electron chi connectivity index (χ0n) is 12.6. The second kappa shape index (κ2) is 6.14. The van der Waals surface area contributed by atoms with E-state index < -0.39 is 0 Å². The van der Waals surface area contributed by atoms with Gasteiger partial charge < -0.3 is 10.2 Å². The monoisotopic (exact) mass is 258 g/mol. The third-order valence-corrected chi connectivity index (χ3v) is 3.86. The molecule has 19 heavy (non-hydrogen) atoms. The van der Waals surface area contributed by atoms with Crippen molar-refractivity contribution in [3.63, 3.8) is 0 Å². The maximum atomic E-state index is 3.58. The van der Waals surface area contributed by atoms with Gasteiger partial charge in [-0.3, -0.25) is 0 Å². The van der Waals surface area contributed by atoms with Crippen molar-refractivity contribution in [2.75, 3.05) is 30.9 Å². The van der Waals surface area contributed by atoms with Crippen molar-refractivity contribution < 1.29 is 0 Å². The summed E-state index contributed by atoms with van der Waals surface area (Å²) in [7, 11) is 4.14. The average Bonchev–Trinajstić information content (AvgIpc) is 2.36. The molecule has 0 saturated heterocycles. The summed E-state index contributed by atoms with van der Waals surface area (Å²) in [6.07, 6.45) is 4.97. The summed E-state index contributed by atoms with van der Waals surface area (Å²) in [5.41, 5.74) is 4.02. The normalized spacial score (nSPS) is 22.8. The Kier molecular flexibility index (Phi) is 4.52. The van der Waals surface area contributed by atoms with Crippen molar-refractivity contribution >= 4 is 11.4 Å². The summed E-state index contributed by atoms with van der Waals surface area (Å²) >= 11 is 0. The van der Waals surface area contributed by atoms with Gasteiger partial charge in [0.1, 0.15) is 0 Å². The number of hydrogen-bond acceptors (Lipinski definition) is 2. The molecule has 2 unspecified atom stereocenters. The van der Waals surface area contributed by atoms with Crippen molar-refractivity contribution in [3.8, 4) is 0 Å². The first-order chi connectivity index (χ1) is 9.04. The van der Waals surface area contributed by atoms with E-state index in [1.807, 2.05) is 0 Å². The van der Waals surface area contributed by atoms with Gasteiger partial charge in [-0.25, -0.2) is 0 Å². The number of allylic oxidation sites excluding steroid dienone is 2. The Morgan fingerprint density at radius 3 is 2.47 bits per heavy atom. The van der Waals surface area contributed by atoms with Crippen LogP contribution in [-0.4, -0.2) is 20.6 Å². The molecule has 0 fully saturated rings. The number of anilines is 2. The minimum Gasteiger partial charge on any atom is -0.385 e. The quantitative estimate of drug-likeness (QED) is 0.816. The van der Waals surface area contributed by atoms with Gasteiger partial charge in [0.05, 0.1) is 0 Å². The molecule has 0 heterocycles. The third-order valence-electron chi connectivity index (χ3n) is 3.86. The first-order valence-corrected chi connectivity index (χ1v) is 7.23. The SMILES string of the molecule is CC1=CC(C)CC(CNc2ccc(N(C)C)cc2)C1. The predicted octanol–water partition coefficient (Wildman–Crippen LogP) is 4.16. The highest BCUT2D eigenvalue weighted by Crippen LogP contribution is 2.28. The summed E-state index contributed by atoms with van der Waals surface area (Å²) in [6, 6.07) is 8.67. The largest absolute Gasteiger partial charge is 0.385 e. The van der Waals surface area contributed by atoms with E-state index in [0.717, 1.165) is 18.4 Å². The van der Waals surface area contributed by atoms with E-state index >= 15 is 0 Å². The van der Waals surface area contributed by atoms with Crippen molar-refractivity contribution in [1.29, 1.82) is 0 Å². The van der Waals surface area contributed by atoms with Crippen LogP contribution in [0.2, 0.25) is 0 Å². The Labute approximate surface area is 117 Å². The Morgan fingerprint density at radius 2 is 1.89 bits per heavy atom. The summed E-state index contributed by atoms with van der Waals surface area (Å²) in [4.78, 5) is 2.13. The molecule has 0 spiro atoms. The molecule has 2 nitrogen and oxygen atoms in total. The first kappa shape index (κ1) is 14.0. The molecule has 0 bridgehead atoms. The number of nitrogens with one attached hydrogen (secondary N) is 1. The minimum absolute atomic E-state index is 0.733. The molecule has 1 aromatic carbocycles. The van der Waals surface area contributed by atoms with E-state index in [1.54, 1.807) is 5.57 Å². The van der Waals surface area contributed by atoms with Gasteiger partial charge in [0.2, 0.25) is 0 Å². The molecule has 0 aromatic heterocycles. The van der Waals surface area contributed by atoms with Gasteiger partial charge in [0, 0.05) is 32.0 Å². The molecule has 104 valence electrons. The summed E-state index contributed by atoms with van der Waals surface area (Å²) in [5.74, 6) is 1.50. The average molecular weight is 258 g/mol. The van der Waals surface area contributed by atoms with Crippen molar-refractivity contribution in [1.82, 2.24) is 0 Å². The second-order valence-corrected chi connectivity index (χ2v) is 6.12. The zero-order chi connectivity index (χ0) is 13.8. The molecule has 2 atom stereocenters. The number of nitrogens with zero attached hydrogens (tertiary/aromatic N) is 1. The van der Waals surface area contributed by atoms with Crippen LogP contribution in [-0.2, 0) is 0 Å². The standard InChI is InChI=1S/C17H26N2/c1-13-9-14(2)11-15(10-13)12-18-16-5-7-17(8-6-16)19(3)4/h5-9,13,15,18H,10-12H2,1-4H3. The van der Waals surface area contributed by atoms with Crippen LogP contribution in [0.3, 0.4) is 0 Å². The van der Waals surface area contributed by atoms with Crippen molar-refractivity contribution in [3.05, 3.63) is 35.9 Å². The van der Waals surface area contributed by atoms with E-state index in [-0.39, 0.29) is 0 Å². The highest BCUT2D eigenvalue weighted by molar-refractivity contribution is 5.54. The molecular formula is C17H26N2. The fraction of sp³-hybridized carbons (Fsp3) is 0.529. The Morgan fingerprint density at radius 1 is 1.21 bits per heavy atom. The van der Waals surface area contributed by atoms with Gasteiger partial charge in [-0.1, -0.05) is 18.6 Å². The number of hydrogen-bond donors (Lipinski definition) is 1. The van der Waals surface area contributed by atoms with Crippen LogP contribution in [0.4, 0.5) is 11.4 Å². The van der Waals surface area contributed by atoms with Gasteiger partial charge in [-0.05, 0) is 55.9 Å². The first-order valence-electron chi connectivity index (χ1n) is 7.23. The van der Waals surface area contributed by atoms with Crippen LogP contribution in [0.25, 0.3) is 0 Å². The lowest BCUT2D eigenvalue weighted by Crippen LogP contribution is -2.20. The fourth-order valence-corrected chi connectivity index (χ4v) is 2.98. The van der Waals surface area contributed by atoms with Crippen LogP contribution in [0.15, 0.2) is 35.9 Å². The smallest absolute Gasteiger partial charge is 0.0362 e. The lowest BCUT2D eigenvalue weighted by molar-refractivity contribution is 0.421. The fourth-order valence-electron chi connectivity index (χ4n) is 2.98. The zero-order valence-corrected chi connectivity index (χ0v) is 12.6. The topological polar surface area (TPSA) is 15.3 Å². The van der Waals surface area contributed by atoms with Gasteiger partial charge >= 0.3 is 0 Å². The van der Waals surface area contributed by atoms with Crippen molar-refractivity contribution in [2.24, 2.45) is 11.8 Å². The molecule has 1 aliphatic carbocycles. The molecule has 0 saturated carbocycles. The van der Waals surface area contributed by atoms with Gasteiger partial charge in [-0.2, -0.15) is 0 Å². The van der Waals surface area contributed by atoms with Gasteiger partial charge in [-0.15, -0.1) is 0 Å². The lowest BCUT2D eigenvalue weighted by atomic mass is 9.84. The summed E-state index contributed by atoms with van der Waals surface area (Å²) in [6.45, 7) is 5.66. The third kappa shape index (κ3) is 4.02. The number of rotatable bonds is 4. The summed E-state index contributed by atoms with van der Waals surface area (Å²) in [5, 5.41) is 3.58. The lowest BCUT2D eigenvalue weighted by Gasteiger charge is -2.26. The Hall–Kier alpha value is -1.44. The molecule has 2 heteroatoms. The Balaban J connectivity index is 1.87. The molecule has 0 aliphatic heterocycles. The Bertz CT molecular complexity index is 431. The molecule has 2 rings (SSSR count). The predicted molar refractivity (Wildman–Crippen MR) is 84.9 cm³/mol. The van der Waals surface area contributed by atoms with E-state index in [2.05, 4.69) is 68.5 Å². The second-order valence-electron chi connectivity index (χ2n) is 6.12. The molecule has 0 radical (unpaired) electrons. The van der Waals surface area contributed by atoms with Crippen LogP contribution in [0, 0.1) is 11.8 Å². The molecule has 1 aromatic rings. The number of benzene rings is 1.